The molecule has 190 valence electrons. The molecule has 1 fully saturated rings. The van der Waals surface area contributed by atoms with E-state index in [4.69, 9.17) is 14.2 Å². The Bertz CT molecular complexity index is 1230. The summed E-state index contributed by atoms with van der Waals surface area (Å²) in [5.41, 5.74) is 0.319. The lowest BCUT2D eigenvalue weighted by molar-refractivity contribution is -0.135. The van der Waals surface area contributed by atoms with Gasteiger partial charge in [-0.15, -0.1) is 11.3 Å². The molecule has 0 aliphatic heterocycles. The van der Waals surface area contributed by atoms with Gasteiger partial charge in [-0.3, -0.25) is 14.2 Å². The van der Waals surface area contributed by atoms with E-state index in [1.165, 1.54) is 17.8 Å². The van der Waals surface area contributed by atoms with Crippen LogP contribution in [0.15, 0.2) is 23.0 Å². The monoisotopic (exact) mass is 502 g/mol. The normalized spacial score (nSPS) is 21.0. The fourth-order valence-electron chi connectivity index (χ4n) is 4.34. The first-order chi connectivity index (χ1) is 16.8. The van der Waals surface area contributed by atoms with Crippen LogP contribution < -0.4 is 29.5 Å². The van der Waals surface area contributed by atoms with Crippen LogP contribution in [-0.4, -0.2) is 43.3 Å². The summed E-state index contributed by atoms with van der Waals surface area (Å²) < 4.78 is 17.8. The van der Waals surface area contributed by atoms with Crippen molar-refractivity contribution in [2.45, 2.75) is 52.6 Å². The Labute approximate surface area is 209 Å². The number of hydrogen-bond donors (Lipinski definition) is 1. The summed E-state index contributed by atoms with van der Waals surface area (Å²) in [6.07, 6.45) is 6.10. The van der Waals surface area contributed by atoms with Crippen LogP contribution in [0.25, 0.3) is 12.2 Å². The number of aromatic nitrogens is 1. The highest BCUT2D eigenvalue weighted by Crippen LogP contribution is 2.29. The van der Waals surface area contributed by atoms with E-state index < -0.39 is 5.97 Å². The van der Waals surface area contributed by atoms with E-state index in [1.807, 2.05) is 0 Å². The lowest BCUT2D eigenvalue weighted by Crippen LogP contribution is -2.46. The highest BCUT2D eigenvalue weighted by atomic mass is 32.1. The molecule has 1 aromatic heterocycles. The molecule has 1 aromatic carbocycles. The minimum atomic E-state index is -0.564. The maximum atomic E-state index is 13.3. The predicted octanol–water partition coefficient (Wildman–Crippen LogP) is 2.04. The van der Waals surface area contributed by atoms with E-state index in [0.717, 1.165) is 30.6 Å². The molecule has 0 saturated heterocycles. The van der Waals surface area contributed by atoms with Crippen molar-refractivity contribution in [1.29, 1.82) is 0 Å². The number of hydrogen-bond acceptors (Lipinski definition) is 7. The molecule has 9 heteroatoms. The van der Waals surface area contributed by atoms with Crippen molar-refractivity contribution >= 4 is 35.4 Å². The van der Waals surface area contributed by atoms with Gasteiger partial charge in [0, 0.05) is 17.7 Å². The van der Waals surface area contributed by atoms with E-state index in [2.05, 4.69) is 19.2 Å². The van der Waals surface area contributed by atoms with Crippen molar-refractivity contribution in [3.63, 3.8) is 0 Å². The number of carbonyl (C=O) groups is 2. The zero-order valence-corrected chi connectivity index (χ0v) is 21.8. The molecule has 0 bridgehead atoms. The zero-order valence-electron chi connectivity index (χ0n) is 21.0. The summed E-state index contributed by atoms with van der Waals surface area (Å²) in [4.78, 5) is 38.4. The van der Waals surface area contributed by atoms with E-state index in [1.54, 1.807) is 38.3 Å². The molecular formula is C26H34N2O6S. The van der Waals surface area contributed by atoms with Gasteiger partial charge in [0.05, 0.1) is 31.4 Å². The van der Waals surface area contributed by atoms with Crippen LogP contribution in [0.5, 0.6) is 11.5 Å². The summed E-state index contributed by atoms with van der Waals surface area (Å²) >= 11 is 1.13. The number of amides is 1. The summed E-state index contributed by atoms with van der Waals surface area (Å²) in [5.74, 6) is 1.25. The number of esters is 1. The largest absolute Gasteiger partial charge is 0.497 e. The van der Waals surface area contributed by atoms with Gasteiger partial charge in [-0.25, -0.2) is 4.79 Å². The molecule has 8 nitrogen and oxygen atoms in total. The number of benzene rings is 1. The fraction of sp³-hybridized carbons (Fsp3) is 0.500. The molecule has 1 aliphatic rings. The number of nitrogens with one attached hydrogen (secondary N) is 1. The molecular weight excluding hydrogens is 468 g/mol. The number of carbonyl (C=O) groups excluding carboxylic acids is 2. The third-order valence-electron chi connectivity index (χ3n) is 6.55. The van der Waals surface area contributed by atoms with Crippen LogP contribution in [0.1, 0.15) is 45.6 Å². The Balaban J connectivity index is 1.99. The predicted molar refractivity (Wildman–Crippen MR) is 136 cm³/mol. The van der Waals surface area contributed by atoms with Crippen molar-refractivity contribution in [2.75, 3.05) is 20.8 Å². The SMILES string of the molecule is CCOC(=O)/C=c1\s/c(=C/c2ccc(OC)cc2OC)c(=O)n1CC(=O)NC1CCCC(C)C1C. The summed E-state index contributed by atoms with van der Waals surface area (Å²) in [6.45, 7) is 6.11. The topological polar surface area (TPSA) is 95.9 Å². The molecule has 3 atom stereocenters. The van der Waals surface area contributed by atoms with E-state index >= 15 is 0 Å². The van der Waals surface area contributed by atoms with Gasteiger partial charge in [0.25, 0.3) is 5.56 Å². The zero-order chi connectivity index (χ0) is 25.5. The molecule has 3 rings (SSSR count). The quantitative estimate of drug-likeness (QED) is 0.555. The van der Waals surface area contributed by atoms with Gasteiger partial charge in [0.2, 0.25) is 5.91 Å². The van der Waals surface area contributed by atoms with Gasteiger partial charge in [-0.2, -0.15) is 0 Å². The molecule has 1 aliphatic carbocycles. The van der Waals surface area contributed by atoms with Crippen LogP contribution >= 0.6 is 11.3 Å². The summed E-state index contributed by atoms with van der Waals surface area (Å²) in [6, 6.07) is 5.36. The minimum Gasteiger partial charge on any atom is -0.497 e. The van der Waals surface area contributed by atoms with Crippen molar-refractivity contribution in [3.05, 3.63) is 43.3 Å². The van der Waals surface area contributed by atoms with Crippen LogP contribution in [0, 0.1) is 11.8 Å². The standard InChI is InChI=1S/C26H34N2O6S/c1-6-34-25(30)14-24-28(15-23(29)27-20-9-7-8-16(2)17(20)3)26(31)22(35-24)12-18-10-11-19(32-4)13-21(18)33-5/h10-14,16-17,20H,6-9,15H2,1-5H3,(H,27,29)/b22-12+,24-14-. The number of nitrogens with zero attached hydrogens (tertiary/aromatic N) is 1. The second kappa shape index (κ2) is 12.1. The van der Waals surface area contributed by atoms with Gasteiger partial charge in [0.1, 0.15) is 22.7 Å². The highest BCUT2D eigenvalue weighted by molar-refractivity contribution is 7.07. The Morgan fingerprint density at radius 2 is 1.97 bits per heavy atom. The Kier molecular flexibility index (Phi) is 9.14. The second-order valence-corrected chi connectivity index (χ2v) is 9.85. The molecule has 0 spiro atoms. The van der Waals surface area contributed by atoms with Gasteiger partial charge in [-0.1, -0.05) is 26.7 Å². The van der Waals surface area contributed by atoms with Gasteiger partial charge in [-0.05, 0) is 43.4 Å². The number of thiazole rings is 1. The first-order valence-electron chi connectivity index (χ1n) is 11.9. The van der Waals surface area contributed by atoms with Gasteiger partial charge < -0.3 is 19.5 Å². The Morgan fingerprint density at radius 3 is 2.66 bits per heavy atom. The summed E-state index contributed by atoms with van der Waals surface area (Å²) in [5, 5.41) is 3.10. The number of methoxy groups -OCH3 is 2. The molecule has 1 heterocycles. The molecule has 1 amide bonds. The third kappa shape index (κ3) is 6.54. The average molecular weight is 503 g/mol. The summed E-state index contributed by atoms with van der Waals surface area (Å²) in [7, 11) is 3.10. The van der Waals surface area contributed by atoms with Crippen molar-refractivity contribution in [2.24, 2.45) is 11.8 Å². The fourth-order valence-corrected chi connectivity index (χ4v) is 5.36. The lowest BCUT2D eigenvalue weighted by Gasteiger charge is -2.34. The smallest absolute Gasteiger partial charge is 0.333 e. The molecule has 3 unspecified atom stereocenters. The molecule has 0 radical (unpaired) electrons. The highest BCUT2D eigenvalue weighted by Gasteiger charge is 2.28. The van der Waals surface area contributed by atoms with Crippen LogP contribution in [0.4, 0.5) is 0 Å². The molecule has 35 heavy (non-hydrogen) atoms. The first kappa shape index (κ1) is 26.5. The number of ether oxygens (including phenoxy) is 3. The third-order valence-corrected chi connectivity index (χ3v) is 7.61. The van der Waals surface area contributed by atoms with E-state index in [0.29, 0.717) is 38.1 Å². The maximum Gasteiger partial charge on any atom is 0.333 e. The van der Waals surface area contributed by atoms with Gasteiger partial charge in [0.15, 0.2) is 0 Å². The molecule has 1 saturated carbocycles. The second-order valence-electron chi connectivity index (χ2n) is 8.79. The first-order valence-corrected chi connectivity index (χ1v) is 12.7. The number of rotatable bonds is 8. The van der Waals surface area contributed by atoms with Crippen LogP contribution in [0.2, 0.25) is 0 Å². The van der Waals surface area contributed by atoms with Crippen molar-refractivity contribution in [1.82, 2.24) is 9.88 Å². The lowest BCUT2D eigenvalue weighted by atomic mass is 9.78. The Hall–Kier alpha value is -3.07. The van der Waals surface area contributed by atoms with E-state index in [9.17, 15) is 14.4 Å². The van der Waals surface area contributed by atoms with Crippen molar-refractivity contribution < 1.29 is 23.8 Å². The Morgan fingerprint density at radius 1 is 1.20 bits per heavy atom. The van der Waals surface area contributed by atoms with Gasteiger partial charge >= 0.3 is 5.97 Å². The average Bonchev–Trinajstić information content (AvgIpc) is 3.11. The maximum absolute atomic E-state index is 13.3. The van der Waals surface area contributed by atoms with Crippen LogP contribution in [0.3, 0.4) is 0 Å². The van der Waals surface area contributed by atoms with Crippen LogP contribution in [-0.2, 0) is 20.9 Å². The molecule has 1 N–H and O–H groups in total. The van der Waals surface area contributed by atoms with E-state index in [-0.39, 0.29) is 30.7 Å². The van der Waals surface area contributed by atoms with Crippen molar-refractivity contribution in [3.8, 4) is 11.5 Å². The molecule has 2 aromatic rings. The minimum absolute atomic E-state index is 0.0765.